The fraction of sp³-hybridized carbons (Fsp3) is 0.524. The lowest BCUT2D eigenvalue weighted by Gasteiger charge is -2.46. The molecule has 54 heavy (non-hydrogen) atoms. The highest BCUT2D eigenvalue weighted by atomic mass is 19.1. The lowest BCUT2D eigenvalue weighted by Crippen LogP contribution is -2.60. The molecule has 2 aromatic carbocycles. The summed E-state index contributed by atoms with van der Waals surface area (Å²) in [5, 5.41) is 1.53. The maximum Gasteiger partial charge on any atom is 0.410 e. The summed E-state index contributed by atoms with van der Waals surface area (Å²) in [7, 11) is 0. The van der Waals surface area contributed by atoms with Crippen LogP contribution in [0.25, 0.3) is 32.9 Å². The molecule has 6 heterocycles. The zero-order chi connectivity index (χ0) is 37.7. The zero-order valence-electron chi connectivity index (χ0n) is 31.2. The Bertz CT molecular complexity index is 2250. The molecule has 4 atom stereocenters. The number of hydrogen-bond donors (Lipinski definition) is 0. The minimum Gasteiger partial charge on any atom is -0.461 e. The van der Waals surface area contributed by atoms with Crippen LogP contribution in [0.2, 0.25) is 0 Å². The van der Waals surface area contributed by atoms with E-state index in [-0.39, 0.29) is 53.0 Å². The molecular weight excluding hydrogens is 693 g/mol. The highest BCUT2D eigenvalue weighted by Crippen LogP contribution is 2.61. The number of halogens is 3. The first-order chi connectivity index (χ1) is 25.8. The Morgan fingerprint density at radius 3 is 2.63 bits per heavy atom. The molecule has 12 heteroatoms. The van der Waals surface area contributed by atoms with E-state index in [2.05, 4.69) is 15.7 Å². The normalized spacial score (nSPS) is 25.8. The van der Waals surface area contributed by atoms with E-state index in [1.807, 2.05) is 27.7 Å². The number of terminal acetylenes is 1. The fourth-order valence-electron chi connectivity index (χ4n) is 9.71. The Kier molecular flexibility index (Phi) is 8.09. The average Bonchev–Trinajstić information content (AvgIpc) is 3.77. The van der Waals surface area contributed by atoms with E-state index in [0.29, 0.717) is 78.6 Å². The molecule has 5 aliphatic rings. The van der Waals surface area contributed by atoms with Crippen LogP contribution in [0.3, 0.4) is 0 Å². The van der Waals surface area contributed by atoms with E-state index in [1.165, 1.54) is 6.07 Å². The molecule has 1 spiro atoms. The Balaban J connectivity index is 1.18. The van der Waals surface area contributed by atoms with Crippen molar-refractivity contribution in [3.63, 3.8) is 0 Å². The second-order valence-electron chi connectivity index (χ2n) is 17.2. The van der Waals surface area contributed by atoms with Crippen LogP contribution in [-0.2, 0) is 11.2 Å². The molecule has 1 amide bonds. The summed E-state index contributed by atoms with van der Waals surface area (Å²) < 4.78 is 59.7. The van der Waals surface area contributed by atoms with Gasteiger partial charge in [0.05, 0.1) is 28.2 Å². The van der Waals surface area contributed by atoms with Gasteiger partial charge >= 0.3 is 12.1 Å². The van der Waals surface area contributed by atoms with E-state index in [1.54, 1.807) is 29.2 Å². The SMILES string of the molecule is C#Cc1c(F)ccc2cccc(-c3nc4c5c(nc(OC[C@@]67C[C@@H](F)CN6CC6(CC6)C7)nc5c3F)N3C[C@@H](CC)N(C(=O)OC(C)(C)C)C[C@H]3CC4)c12. The number of benzene rings is 2. The Labute approximate surface area is 313 Å². The number of hydrogen-bond acceptors (Lipinski definition) is 8. The van der Waals surface area contributed by atoms with Gasteiger partial charge in [-0.3, -0.25) is 4.90 Å². The number of pyridine rings is 1. The summed E-state index contributed by atoms with van der Waals surface area (Å²) in [6, 6.07) is 7.83. The van der Waals surface area contributed by atoms with Crippen LogP contribution >= 0.6 is 0 Å². The molecule has 4 fully saturated rings. The number of piperazine rings is 1. The molecule has 0 N–H and O–H groups in total. The van der Waals surface area contributed by atoms with Gasteiger partial charge in [-0.25, -0.2) is 22.9 Å². The Morgan fingerprint density at radius 2 is 1.89 bits per heavy atom. The van der Waals surface area contributed by atoms with Crippen LogP contribution in [0.5, 0.6) is 6.01 Å². The summed E-state index contributed by atoms with van der Waals surface area (Å²) in [5.74, 6) is 1.69. The van der Waals surface area contributed by atoms with Crippen LogP contribution in [0.1, 0.15) is 77.5 Å². The number of aromatic nitrogens is 3. The molecule has 1 saturated carbocycles. The molecule has 1 aliphatic carbocycles. The first kappa shape index (κ1) is 35.1. The van der Waals surface area contributed by atoms with Crippen molar-refractivity contribution in [3.8, 4) is 29.6 Å². The Morgan fingerprint density at radius 1 is 1.07 bits per heavy atom. The van der Waals surface area contributed by atoms with Gasteiger partial charge in [0.25, 0.3) is 0 Å². The molecular formula is C42H45F3N6O3. The lowest BCUT2D eigenvalue weighted by atomic mass is 9.89. The van der Waals surface area contributed by atoms with E-state index >= 15 is 8.78 Å². The molecule has 0 radical (unpaired) electrons. The van der Waals surface area contributed by atoms with Gasteiger partial charge in [0.15, 0.2) is 5.82 Å². The molecule has 4 aromatic rings. The van der Waals surface area contributed by atoms with Crippen LogP contribution in [-0.4, -0.2) is 93.0 Å². The third kappa shape index (κ3) is 5.73. The summed E-state index contributed by atoms with van der Waals surface area (Å²) in [5.41, 5.74) is 0.137. The number of rotatable bonds is 5. The third-order valence-corrected chi connectivity index (χ3v) is 12.3. The maximum atomic E-state index is 17.4. The minimum atomic E-state index is -0.938. The number of ether oxygens (including phenoxy) is 2. The van der Waals surface area contributed by atoms with Gasteiger partial charge in [0, 0.05) is 49.6 Å². The smallest absolute Gasteiger partial charge is 0.410 e. The van der Waals surface area contributed by atoms with E-state index in [9.17, 15) is 9.18 Å². The van der Waals surface area contributed by atoms with Crippen molar-refractivity contribution in [2.24, 2.45) is 5.41 Å². The Hall–Kier alpha value is -4.63. The summed E-state index contributed by atoms with van der Waals surface area (Å²) in [4.78, 5) is 34.4. The van der Waals surface area contributed by atoms with Gasteiger partial charge in [0.1, 0.15) is 41.2 Å². The van der Waals surface area contributed by atoms with Gasteiger partial charge in [0.2, 0.25) is 0 Å². The van der Waals surface area contributed by atoms with Crippen molar-refractivity contribution in [1.82, 2.24) is 24.8 Å². The number of aryl methyl sites for hydroxylation is 1. The number of carbonyl (C=O) groups excluding carboxylic acids is 1. The molecule has 9 rings (SSSR count). The van der Waals surface area contributed by atoms with E-state index < -0.39 is 28.9 Å². The van der Waals surface area contributed by atoms with Crippen LogP contribution < -0.4 is 9.64 Å². The number of alkyl halides is 1. The second-order valence-corrected chi connectivity index (χ2v) is 17.2. The van der Waals surface area contributed by atoms with E-state index in [0.717, 1.165) is 25.8 Å². The number of nitrogens with zero attached hydrogens (tertiary/aromatic N) is 6. The minimum absolute atomic E-state index is 0.00410. The summed E-state index contributed by atoms with van der Waals surface area (Å²) in [6.07, 6.45) is 9.71. The number of amides is 1. The van der Waals surface area contributed by atoms with Gasteiger partial charge < -0.3 is 19.3 Å². The highest BCUT2D eigenvalue weighted by Gasteiger charge is 2.62. The zero-order valence-corrected chi connectivity index (χ0v) is 31.2. The maximum absolute atomic E-state index is 17.4. The molecule has 9 nitrogen and oxygen atoms in total. The van der Waals surface area contributed by atoms with Gasteiger partial charge in [-0.15, -0.1) is 6.42 Å². The first-order valence-electron chi connectivity index (χ1n) is 19.2. The topological polar surface area (TPSA) is 83.9 Å². The fourth-order valence-corrected chi connectivity index (χ4v) is 9.71. The van der Waals surface area contributed by atoms with Crippen molar-refractivity contribution < 1.29 is 27.4 Å². The van der Waals surface area contributed by atoms with Gasteiger partial charge in [-0.1, -0.05) is 37.1 Å². The first-order valence-corrected chi connectivity index (χ1v) is 19.2. The molecule has 2 aromatic heterocycles. The van der Waals surface area contributed by atoms with Gasteiger partial charge in [-0.05, 0) is 76.2 Å². The van der Waals surface area contributed by atoms with Crippen molar-refractivity contribution >= 4 is 33.6 Å². The molecule has 4 aliphatic heterocycles. The lowest BCUT2D eigenvalue weighted by molar-refractivity contribution is 0.00970. The predicted molar refractivity (Wildman–Crippen MR) is 200 cm³/mol. The van der Waals surface area contributed by atoms with Crippen LogP contribution in [0.4, 0.5) is 23.8 Å². The van der Waals surface area contributed by atoms with Gasteiger partial charge in [-0.2, -0.15) is 9.97 Å². The summed E-state index contributed by atoms with van der Waals surface area (Å²) in [6.45, 7) is 9.84. The number of fused-ring (bicyclic) bond motifs is 4. The monoisotopic (exact) mass is 738 g/mol. The average molecular weight is 739 g/mol. The van der Waals surface area contributed by atoms with Crippen molar-refractivity contribution in [2.45, 2.75) is 102 Å². The van der Waals surface area contributed by atoms with Crippen molar-refractivity contribution in [2.75, 3.05) is 37.7 Å². The third-order valence-electron chi connectivity index (χ3n) is 12.3. The largest absolute Gasteiger partial charge is 0.461 e. The molecule has 0 bridgehead atoms. The molecule has 282 valence electrons. The number of anilines is 1. The molecule has 0 unspecified atom stereocenters. The van der Waals surface area contributed by atoms with Crippen molar-refractivity contribution in [1.29, 1.82) is 0 Å². The quantitative estimate of drug-likeness (QED) is 0.194. The molecule has 3 saturated heterocycles. The summed E-state index contributed by atoms with van der Waals surface area (Å²) >= 11 is 0. The van der Waals surface area contributed by atoms with Crippen LogP contribution in [0.15, 0.2) is 30.3 Å². The predicted octanol–water partition coefficient (Wildman–Crippen LogP) is 7.60. The van der Waals surface area contributed by atoms with Crippen molar-refractivity contribution in [3.05, 3.63) is 53.2 Å². The standard InChI is InChI=1S/C42H45F3N6O3/c1-6-26-19-50-27(20-51(26)39(52)54-40(3,4)5)12-14-31-33-36(34(45)35(46-31)29-10-8-9-24-11-13-30(44)28(7-2)32(24)29)47-38(48-37(33)50)53-23-42-17-25(43)18-49(42)22-41(21-42)15-16-41/h2,8-11,13,25-27H,6,12,14-23H2,1,3-5H3/t25-,26-,27-,42+/m1/s1. The second kappa shape index (κ2) is 12.4. The number of carbonyl (C=O) groups is 1. The van der Waals surface area contributed by atoms with Crippen LogP contribution in [0, 0.1) is 29.4 Å². The van der Waals surface area contributed by atoms with E-state index in [4.69, 9.17) is 30.8 Å². The highest BCUT2D eigenvalue weighted by molar-refractivity contribution is 6.03.